The van der Waals surface area contributed by atoms with Gasteiger partial charge in [-0.05, 0) is 59.0 Å². The highest BCUT2D eigenvalue weighted by Crippen LogP contribution is 2.40. The second-order valence-electron chi connectivity index (χ2n) is 15.0. The zero-order chi connectivity index (χ0) is 41.7. The highest BCUT2D eigenvalue weighted by molar-refractivity contribution is 7.92. The zero-order valence-electron chi connectivity index (χ0n) is 33.4. The molecule has 1 aromatic heterocycles. The predicted octanol–water partition coefficient (Wildman–Crippen LogP) is 7.05. The van der Waals surface area contributed by atoms with E-state index in [1.807, 2.05) is 51.1 Å². The molecule has 0 bridgehead atoms. The number of carbonyl (C=O) groups excluding carboxylic acids is 1. The van der Waals surface area contributed by atoms with E-state index in [2.05, 4.69) is 25.2 Å². The van der Waals surface area contributed by atoms with Crippen LogP contribution in [0.3, 0.4) is 0 Å². The minimum atomic E-state index is -3.65. The number of hydrogen-bond donors (Lipinski definition) is 3. The minimum absolute atomic E-state index is 0.0163. The number of rotatable bonds is 14. The summed E-state index contributed by atoms with van der Waals surface area (Å²) in [4.78, 5) is 20.3. The van der Waals surface area contributed by atoms with E-state index < -0.39 is 25.9 Å². The maximum atomic E-state index is 13.5. The van der Waals surface area contributed by atoms with Crippen LogP contribution in [0.15, 0.2) is 90.0 Å². The molecular formula is C42H49N5O9S2. The molecule has 0 saturated carbocycles. The summed E-state index contributed by atoms with van der Waals surface area (Å²) in [6.45, 7) is 8.98. The van der Waals surface area contributed by atoms with Crippen LogP contribution in [0.2, 0.25) is 0 Å². The summed E-state index contributed by atoms with van der Waals surface area (Å²) in [5.41, 5.74) is 2.92. The molecule has 16 heteroatoms. The highest BCUT2D eigenvalue weighted by atomic mass is 32.2. The molecule has 1 fully saturated rings. The van der Waals surface area contributed by atoms with E-state index in [1.54, 1.807) is 54.7 Å². The lowest BCUT2D eigenvalue weighted by molar-refractivity contribution is 0.0408. The first kappa shape index (κ1) is 42.2. The lowest BCUT2D eigenvalue weighted by atomic mass is 9.86. The van der Waals surface area contributed by atoms with Gasteiger partial charge in [-0.1, -0.05) is 51.1 Å². The maximum Gasteiger partial charge on any atom is 0.323 e. The van der Waals surface area contributed by atoms with Crippen molar-refractivity contribution in [2.45, 2.75) is 37.5 Å². The van der Waals surface area contributed by atoms with Gasteiger partial charge in [0, 0.05) is 54.8 Å². The number of anilines is 3. The number of benzene rings is 4. The van der Waals surface area contributed by atoms with Crippen LogP contribution in [0.5, 0.6) is 23.0 Å². The molecule has 0 atom stereocenters. The van der Waals surface area contributed by atoms with Crippen LogP contribution >= 0.6 is 0 Å². The predicted molar refractivity (Wildman–Crippen MR) is 226 cm³/mol. The molecule has 0 unspecified atom stereocenters. The largest absolute Gasteiger partial charge is 0.495 e. The van der Waals surface area contributed by atoms with Crippen LogP contribution in [-0.4, -0.2) is 91.8 Å². The number of methoxy groups -OCH3 is 2. The third-order valence-corrected chi connectivity index (χ3v) is 11.9. The Kier molecular flexibility index (Phi) is 12.8. The summed E-state index contributed by atoms with van der Waals surface area (Å²) in [6.07, 6.45) is 3.09. The molecule has 4 aromatic carbocycles. The standard InChI is InChI=1S/C42H49N5O9S2/c1-42(2,3)29-25-35(40(54-5)36(26-29)46-57(6,49)50)45-41(48)44-34-12-13-37(33-10-8-7-9-32(33)34)56-31-15-16-43-30(27-31)23-28-11-14-39(38(24-28)53-4)58(51,52)22-19-47-17-20-55-21-18-47/h7-16,24-27,46H,17-23H2,1-6H3,(H2,44,45,48). The quantitative estimate of drug-likeness (QED) is 0.105. The number of hydrogen-bond acceptors (Lipinski definition) is 11. The van der Waals surface area contributed by atoms with Crippen molar-refractivity contribution in [2.75, 3.05) is 74.4 Å². The fourth-order valence-corrected chi connectivity index (χ4v) is 8.60. The van der Waals surface area contributed by atoms with Gasteiger partial charge in [0.15, 0.2) is 15.6 Å². The first-order valence-corrected chi connectivity index (χ1v) is 22.2. The van der Waals surface area contributed by atoms with E-state index in [4.69, 9.17) is 18.9 Å². The number of pyridine rings is 1. The maximum absolute atomic E-state index is 13.5. The molecule has 1 aliphatic rings. The fourth-order valence-electron chi connectivity index (χ4n) is 6.61. The van der Waals surface area contributed by atoms with Gasteiger partial charge in [0.1, 0.15) is 22.1 Å². The second kappa shape index (κ2) is 17.6. The molecule has 0 spiro atoms. The fraction of sp³-hybridized carbons (Fsp3) is 0.333. The number of amides is 2. The molecule has 5 aromatic rings. The smallest absolute Gasteiger partial charge is 0.323 e. The Morgan fingerprint density at radius 1 is 0.828 bits per heavy atom. The third kappa shape index (κ3) is 10.5. The number of nitrogens with one attached hydrogen (secondary N) is 3. The Hall–Kier alpha value is -5.42. The second-order valence-corrected chi connectivity index (χ2v) is 18.8. The van der Waals surface area contributed by atoms with Gasteiger partial charge in [-0.15, -0.1) is 0 Å². The summed E-state index contributed by atoms with van der Waals surface area (Å²) in [6, 6.07) is 22.5. The van der Waals surface area contributed by atoms with Crippen molar-refractivity contribution < 1.29 is 40.6 Å². The molecular weight excluding hydrogens is 783 g/mol. The topological polar surface area (TPSA) is 174 Å². The van der Waals surface area contributed by atoms with Crippen LogP contribution in [-0.2, 0) is 36.4 Å². The van der Waals surface area contributed by atoms with Gasteiger partial charge in [-0.2, -0.15) is 0 Å². The molecule has 3 N–H and O–H groups in total. The Balaban J connectivity index is 1.18. The summed E-state index contributed by atoms with van der Waals surface area (Å²) < 4.78 is 76.3. The number of sulfonamides is 1. The van der Waals surface area contributed by atoms with Gasteiger partial charge in [-0.3, -0.25) is 14.6 Å². The first-order chi connectivity index (χ1) is 27.5. The van der Waals surface area contributed by atoms with E-state index in [0.717, 1.165) is 22.8 Å². The third-order valence-electron chi connectivity index (χ3n) is 9.58. The van der Waals surface area contributed by atoms with Crippen LogP contribution in [0.4, 0.5) is 21.9 Å². The van der Waals surface area contributed by atoms with Crippen molar-refractivity contribution in [3.05, 3.63) is 102 Å². The lowest BCUT2D eigenvalue weighted by Crippen LogP contribution is -2.39. The Labute approximate surface area is 339 Å². The summed E-state index contributed by atoms with van der Waals surface area (Å²) >= 11 is 0. The molecule has 1 aliphatic heterocycles. The number of carbonyl (C=O) groups is 1. The van der Waals surface area contributed by atoms with E-state index >= 15 is 0 Å². The Morgan fingerprint density at radius 3 is 2.22 bits per heavy atom. The molecule has 0 aliphatic carbocycles. The Morgan fingerprint density at radius 2 is 1.53 bits per heavy atom. The summed E-state index contributed by atoms with van der Waals surface area (Å²) in [7, 11) is -4.37. The summed E-state index contributed by atoms with van der Waals surface area (Å²) in [5.74, 6) is 1.51. The van der Waals surface area contributed by atoms with E-state index in [-0.39, 0.29) is 38.9 Å². The summed E-state index contributed by atoms with van der Waals surface area (Å²) in [5, 5.41) is 7.21. The van der Waals surface area contributed by atoms with E-state index in [1.165, 1.54) is 14.2 Å². The van der Waals surface area contributed by atoms with E-state index in [0.29, 0.717) is 67.5 Å². The van der Waals surface area contributed by atoms with Crippen LogP contribution in [0.1, 0.15) is 37.6 Å². The number of ether oxygens (including phenoxy) is 4. The van der Waals surface area contributed by atoms with Gasteiger partial charge in [0.25, 0.3) is 0 Å². The lowest BCUT2D eigenvalue weighted by Gasteiger charge is -2.26. The van der Waals surface area contributed by atoms with Gasteiger partial charge in [-0.25, -0.2) is 21.6 Å². The minimum Gasteiger partial charge on any atom is -0.495 e. The molecule has 6 rings (SSSR count). The molecule has 58 heavy (non-hydrogen) atoms. The monoisotopic (exact) mass is 831 g/mol. The number of nitrogens with zero attached hydrogens (tertiary/aromatic N) is 2. The van der Waals surface area contributed by atoms with Crippen molar-refractivity contribution in [1.29, 1.82) is 0 Å². The number of morpholine rings is 1. The van der Waals surface area contributed by atoms with E-state index in [9.17, 15) is 21.6 Å². The van der Waals surface area contributed by atoms with Gasteiger partial charge < -0.3 is 29.6 Å². The van der Waals surface area contributed by atoms with Crippen molar-refractivity contribution >= 4 is 53.7 Å². The van der Waals surface area contributed by atoms with Gasteiger partial charge >= 0.3 is 6.03 Å². The number of urea groups is 1. The van der Waals surface area contributed by atoms with Crippen LogP contribution in [0.25, 0.3) is 10.8 Å². The van der Waals surface area contributed by atoms with Gasteiger partial charge in [0.05, 0.1) is 56.5 Å². The van der Waals surface area contributed by atoms with Gasteiger partial charge in [0.2, 0.25) is 10.0 Å². The number of sulfone groups is 1. The van der Waals surface area contributed by atoms with Crippen molar-refractivity contribution in [2.24, 2.45) is 0 Å². The highest BCUT2D eigenvalue weighted by Gasteiger charge is 2.24. The molecule has 2 amide bonds. The first-order valence-electron chi connectivity index (χ1n) is 18.7. The van der Waals surface area contributed by atoms with Crippen molar-refractivity contribution in [3.8, 4) is 23.0 Å². The number of aromatic nitrogens is 1. The van der Waals surface area contributed by atoms with Crippen molar-refractivity contribution in [1.82, 2.24) is 9.88 Å². The molecule has 308 valence electrons. The number of fused-ring (bicyclic) bond motifs is 1. The van der Waals surface area contributed by atoms with Crippen LogP contribution < -0.4 is 29.6 Å². The van der Waals surface area contributed by atoms with Crippen molar-refractivity contribution in [3.63, 3.8) is 0 Å². The zero-order valence-corrected chi connectivity index (χ0v) is 35.1. The SMILES string of the molecule is COc1cc(Cc2cc(Oc3ccc(NC(=O)Nc4cc(C(C)(C)C)cc(NS(C)(=O)=O)c4OC)c4ccccc34)ccn2)ccc1S(=O)(=O)CCN1CCOCC1. The normalized spacial score (nSPS) is 13.8. The average molecular weight is 832 g/mol. The molecule has 14 nitrogen and oxygen atoms in total. The Bertz CT molecular complexity index is 2520. The molecule has 1 saturated heterocycles. The average Bonchev–Trinajstić information content (AvgIpc) is 3.17. The van der Waals surface area contributed by atoms with Crippen LogP contribution in [0, 0.1) is 0 Å². The molecule has 0 radical (unpaired) electrons. The molecule has 2 heterocycles.